The third-order valence-corrected chi connectivity index (χ3v) is 14.4. The summed E-state index contributed by atoms with van der Waals surface area (Å²) in [4.78, 5) is 16.2. The number of para-hydroxylation sites is 2. The summed E-state index contributed by atoms with van der Waals surface area (Å²) >= 11 is 0. The van der Waals surface area contributed by atoms with E-state index in [0.717, 1.165) is 62.0 Å². The minimum atomic E-state index is -0.604. The highest BCUT2D eigenvalue weighted by atomic mass is 16.3. The molecule has 0 aliphatic heterocycles. The number of fused-ring (bicyclic) bond motifs is 12. The van der Waals surface area contributed by atoms with Gasteiger partial charge in [0.1, 0.15) is 17.0 Å². The fraction of sp³-hybridized carbons (Fsp3) is 0.0984. The summed E-state index contributed by atoms with van der Waals surface area (Å²) in [5.41, 5.74) is 17.6. The molecular weight excluding hydrogens is 791 g/mol. The van der Waals surface area contributed by atoms with Crippen LogP contribution in [0.25, 0.3) is 72.5 Å². The van der Waals surface area contributed by atoms with Gasteiger partial charge in [0.05, 0.1) is 5.41 Å². The summed E-state index contributed by atoms with van der Waals surface area (Å²) in [6.07, 6.45) is 7.41. The molecule has 0 amide bonds. The SMILES string of the molecule is CC1(C)c2ccccc2C2(c3ccc(-c4cccc5c4oc4ccccc45)cc3-c3c(-c4nc(-c5ccccc5)nc(C5C=CC=C(c6ccccc6)C5)n4)cccc32)c2ccccc21. The first kappa shape index (κ1) is 37.6. The Bertz CT molecular complexity index is 3560. The first-order valence-electron chi connectivity index (χ1n) is 22.6. The highest BCUT2D eigenvalue weighted by Crippen LogP contribution is 2.63. The van der Waals surface area contributed by atoms with Crippen LogP contribution in [-0.4, -0.2) is 15.0 Å². The van der Waals surface area contributed by atoms with Crippen LogP contribution in [0.5, 0.6) is 0 Å². The van der Waals surface area contributed by atoms with E-state index in [1.807, 2.05) is 12.1 Å². The third-order valence-electron chi connectivity index (χ3n) is 14.4. The Morgan fingerprint density at radius 3 is 1.86 bits per heavy atom. The standard InChI is InChI=1S/C61H43N3O/c1-60(2)49-28-10-12-30-51(49)61(52-31-13-11-29-50(52)60)48-35-34-41(43-25-16-26-45-44-24-9-14-33-54(44)65-56(43)45)37-47(48)55-46(27-17-32-53(55)61)59-63-57(39-20-7-4-8-21-39)62-58(64-59)42-23-15-22-40(36-42)38-18-5-3-6-19-38/h3-35,37,42H,36H2,1-2H3. The van der Waals surface area contributed by atoms with Gasteiger partial charge in [-0.3, -0.25) is 0 Å². The lowest BCUT2D eigenvalue weighted by molar-refractivity contribution is 0.563. The normalized spacial score (nSPS) is 16.2. The Balaban J connectivity index is 1.09. The molecule has 1 unspecified atom stereocenters. The number of nitrogens with zero attached hydrogens (tertiary/aromatic N) is 3. The van der Waals surface area contributed by atoms with Crippen LogP contribution >= 0.6 is 0 Å². The molecule has 1 spiro atoms. The van der Waals surface area contributed by atoms with Crippen molar-refractivity contribution in [2.75, 3.05) is 0 Å². The zero-order valence-electron chi connectivity index (χ0n) is 36.2. The van der Waals surface area contributed by atoms with Gasteiger partial charge in [0.15, 0.2) is 11.6 Å². The van der Waals surface area contributed by atoms with E-state index in [0.29, 0.717) is 11.6 Å². The molecule has 2 heterocycles. The maximum atomic E-state index is 6.67. The lowest BCUT2D eigenvalue weighted by Crippen LogP contribution is -2.40. The van der Waals surface area contributed by atoms with E-state index >= 15 is 0 Å². The predicted octanol–water partition coefficient (Wildman–Crippen LogP) is 14.9. The largest absolute Gasteiger partial charge is 0.455 e. The van der Waals surface area contributed by atoms with E-state index in [4.69, 9.17) is 19.4 Å². The summed E-state index contributed by atoms with van der Waals surface area (Å²) in [5, 5.41) is 2.23. The number of allylic oxidation sites excluding steroid dienone is 4. The topological polar surface area (TPSA) is 51.8 Å². The van der Waals surface area contributed by atoms with Crippen molar-refractivity contribution in [2.45, 2.75) is 37.0 Å². The van der Waals surface area contributed by atoms with Crippen molar-refractivity contribution in [1.82, 2.24) is 15.0 Å². The van der Waals surface area contributed by atoms with Gasteiger partial charge < -0.3 is 4.42 Å². The van der Waals surface area contributed by atoms with Gasteiger partial charge >= 0.3 is 0 Å². The van der Waals surface area contributed by atoms with E-state index in [1.165, 1.54) is 50.1 Å². The Morgan fingerprint density at radius 1 is 0.477 bits per heavy atom. The number of furan rings is 1. The van der Waals surface area contributed by atoms with E-state index in [1.54, 1.807) is 0 Å². The summed E-state index contributed by atoms with van der Waals surface area (Å²) < 4.78 is 6.67. The van der Waals surface area contributed by atoms with Gasteiger partial charge in [0.2, 0.25) is 0 Å². The molecule has 2 aromatic heterocycles. The molecule has 65 heavy (non-hydrogen) atoms. The van der Waals surface area contributed by atoms with E-state index in [9.17, 15) is 0 Å². The summed E-state index contributed by atoms with van der Waals surface area (Å²) in [6.45, 7) is 4.74. The molecule has 4 nitrogen and oxygen atoms in total. The average molecular weight is 834 g/mol. The predicted molar refractivity (Wildman–Crippen MR) is 264 cm³/mol. The molecule has 3 aliphatic carbocycles. The van der Waals surface area contributed by atoms with E-state index in [2.05, 4.69) is 208 Å². The molecular formula is C61H43N3O. The van der Waals surface area contributed by atoms with Crippen LogP contribution in [-0.2, 0) is 10.8 Å². The first-order valence-corrected chi connectivity index (χ1v) is 22.6. The third kappa shape index (κ3) is 5.53. The number of benzene rings is 8. The molecule has 8 aromatic carbocycles. The second-order valence-corrected chi connectivity index (χ2v) is 18.2. The van der Waals surface area contributed by atoms with Crippen LogP contribution in [0, 0.1) is 0 Å². The summed E-state index contributed by atoms with van der Waals surface area (Å²) in [6, 6.07) is 67.9. The quantitative estimate of drug-likeness (QED) is 0.173. The fourth-order valence-electron chi connectivity index (χ4n) is 11.4. The van der Waals surface area contributed by atoms with Crippen molar-refractivity contribution in [3.8, 4) is 45.0 Å². The van der Waals surface area contributed by atoms with Crippen LogP contribution in [0.3, 0.4) is 0 Å². The minimum absolute atomic E-state index is 0.0370. The lowest BCUT2D eigenvalue weighted by Gasteiger charge is -2.46. The monoisotopic (exact) mass is 833 g/mol. The van der Waals surface area contributed by atoms with Gasteiger partial charge in [-0.2, -0.15) is 0 Å². The molecule has 1 atom stereocenters. The van der Waals surface area contributed by atoms with Gasteiger partial charge in [-0.25, -0.2) is 15.0 Å². The Hall–Kier alpha value is -7.95. The highest BCUT2D eigenvalue weighted by Gasteiger charge is 2.54. The molecule has 4 heteroatoms. The van der Waals surface area contributed by atoms with Crippen molar-refractivity contribution in [2.24, 2.45) is 0 Å². The smallest absolute Gasteiger partial charge is 0.164 e. The maximum absolute atomic E-state index is 6.67. The fourth-order valence-corrected chi connectivity index (χ4v) is 11.4. The molecule has 3 aliphatic rings. The second kappa shape index (κ2) is 14.3. The molecule has 308 valence electrons. The zero-order valence-corrected chi connectivity index (χ0v) is 36.2. The van der Waals surface area contributed by atoms with Crippen molar-refractivity contribution in [1.29, 1.82) is 0 Å². The van der Waals surface area contributed by atoms with Crippen LogP contribution < -0.4 is 0 Å². The molecule has 10 aromatic rings. The molecule has 0 saturated heterocycles. The van der Waals surface area contributed by atoms with Crippen molar-refractivity contribution >= 4 is 27.5 Å². The zero-order chi connectivity index (χ0) is 43.3. The molecule has 0 N–H and O–H groups in total. The van der Waals surface area contributed by atoms with Gasteiger partial charge in [-0.05, 0) is 79.8 Å². The summed E-state index contributed by atoms with van der Waals surface area (Å²) in [5.74, 6) is 2.06. The number of rotatable bonds is 5. The number of hydrogen-bond donors (Lipinski definition) is 0. The number of hydrogen-bond acceptors (Lipinski definition) is 4. The van der Waals surface area contributed by atoms with Crippen LogP contribution in [0.15, 0.2) is 211 Å². The highest BCUT2D eigenvalue weighted by molar-refractivity contribution is 6.10. The molecule has 0 bridgehead atoms. The Labute approximate surface area is 378 Å². The molecule has 13 rings (SSSR count). The van der Waals surface area contributed by atoms with Crippen molar-refractivity contribution < 1.29 is 4.42 Å². The van der Waals surface area contributed by atoms with Gasteiger partial charge in [0, 0.05) is 38.8 Å². The molecule has 0 saturated carbocycles. The van der Waals surface area contributed by atoms with Crippen molar-refractivity contribution in [3.05, 3.63) is 251 Å². The Morgan fingerprint density at radius 2 is 1.09 bits per heavy atom. The number of aromatic nitrogens is 3. The molecule has 0 radical (unpaired) electrons. The minimum Gasteiger partial charge on any atom is -0.455 e. The van der Waals surface area contributed by atoms with Crippen LogP contribution in [0.4, 0.5) is 0 Å². The van der Waals surface area contributed by atoms with Gasteiger partial charge in [-0.1, -0.05) is 208 Å². The second-order valence-electron chi connectivity index (χ2n) is 18.2. The van der Waals surface area contributed by atoms with Crippen molar-refractivity contribution in [3.63, 3.8) is 0 Å². The molecule has 0 fully saturated rings. The maximum Gasteiger partial charge on any atom is 0.164 e. The van der Waals surface area contributed by atoms with Gasteiger partial charge in [0.25, 0.3) is 0 Å². The van der Waals surface area contributed by atoms with E-state index in [-0.39, 0.29) is 11.3 Å². The van der Waals surface area contributed by atoms with Crippen LogP contribution in [0.1, 0.15) is 71.0 Å². The lowest BCUT2D eigenvalue weighted by atomic mass is 9.55. The average Bonchev–Trinajstić information content (AvgIpc) is 3.90. The van der Waals surface area contributed by atoms with Gasteiger partial charge in [-0.15, -0.1) is 0 Å². The van der Waals surface area contributed by atoms with E-state index < -0.39 is 5.41 Å². The summed E-state index contributed by atoms with van der Waals surface area (Å²) in [7, 11) is 0. The Kier molecular flexibility index (Phi) is 8.26. The first-order chi connectivity index (χ1) is 32.0. The van der Waals surface area contributed by atoms with Crippen LogP contribution in [0.2, 0.25) is 0 Å².